The maximum absolute atomic E-state index is 5.67. The average molecular weight is 387 g/mol. The largest absolute Gasteiger partial charge is 0.381 e. The van der Waals surface area contributed by atoms with Crippen LogP contribution in [0, 0.1) is 13.8 Å². The first-order chi connectivity index (χ1) is 13.0. The van der Waals surface area contributed by atoms with Crippen LogP contribution in [-0.2, 0) is 16.7 Å². The molecule has 0 atom stereocenters. The van der Waals surface area contributed by atoms with Gasteiger partial charge in [0.1, 0.15) is 0 Å². The number of nitrogens with one attached hydrogen (secondary N) is 1. The molecule has 0 spiro atoms. The fourth-order valence-corrected chi connectivity index (χ4v) is 4.51. The highest BCUT2D eigenvalue weighted by Gasteiger charge is 2.35. The smallest absolute Gasteiger partial charge is 0.193 e. The Labute approximate surface area is 166 Å². The second-order valence-electron chi connectivity index (χ2n) is 7.32. The molecule has 27 heavy (non-hydrogen) atoms. The molecule has 3 rings (SSSR count). The van der Waals surface area contributed by atoms with E-state index in [4.69, 9.17) is 4.74 Å². The van der Waals surface area contributed by atoms with Gasteiger partial charge in [-0.1, -0.05) is 24.3 Å². The summed E-state index contributed by atoms with van der Waals surface area (Å²) < 4.78 is 5.67. The number of hydrogen-bond donors (Lipinski definition) is 1. The van der Waals surface area contributed by atoms with Gasteiger partial charge in [-0.05, 0) is 37.8 Å². The molecular weight excluding hydrogens is 356 g/mol. The van der Waals surface area contributed by atoms with Gasteiger partial charge in [0.25, 0.3) is 0 Å². The third-order valence-corrected chi connectivity index (χ3v) is 6.21. The molecule has 1 N–H and O–H groups in total. The summed E-state index contributed by atoms with van der Waals surface area (Å²) in [6.07, 6.45) is 2.05. The van der Waals surface area contributed by atoms with Gasteiger partial charge in [-0.25, -0.2) is 4.98 Å². The van der Waals surface area contributed by atoms with Crippen molar-refractivity contribution in [3.05, 3.63) is 51.5 Å². The number of guanidine groups is 1. The Morgan fingerprint density at radius 1 is 1.30 bits per heavy atom. The molecule has 0 bridgehead atoms. The highest BCUT2D eigenvalue weighted by molar-refractivity contribution is 7.09. The van der Waals surface area contributed by atoms with Crippen molar-refractivity contribution in [1.29, 1.82) is 0 Å². The van der Waals surface area contributed by atoms with Crippen LogP contribution >= 0.6 is 11.3 Å². The molecule has 1 aromatic heterocycles. The molecule has 0 unspecified atom stereocenters. The van der Waals surface area contributed by atoms with Gasteiger partial charge in [0.2, 0.25) is 0 Å². The van der Waals surface area contributed by atoms with Gasteiger partial charge in [-0.2, -0.15) is 0 Å². The highest BCUT2D eigenvalue weighted by Crippen LogP contribution is 2.36. The van der Waals surface area contributed by atoms with Crippen molar-refractivity contribution in [1.82, 2.24) is 15.2 Å². The number of rotatable bonds is 5. The molecule has 1 aliphatic heterocycles. The Kier molecular flexibility index (Phi) is 6.50. The minimum Gasteiger partial charge on any atom is -0.381 e. The first kappa shape index (κ1) is 19.8. The molecule has 2 aromatic rings. The highest BCUT2D eigenvalue weighted by atomic mass is 32.1. The van der Waals surface area contributed by atoms with Crippen LogP contribution in [0.4, 0.5) is 0 Å². The SMILES string of the molecule is CN=C(NCC1(c2ccccc2C)CCOCC1)N(C)Cc1csc(C)n1. The Bertz CT molecular complexity index is 780. The summed E-state index contributed by atoms with van der Waals surface area (Å²) in [4.78, 5) is 11.2. The van der Waals surface area contributed by atoms with Crippen molar-refractivity contribution in [2.75, 3.05) is 33.9 Å². The number of thiazole rings is 1. The number of nitrogens with zero attached hydrogens (tertiary/aromatic N) is 3. The van der Waals surface area contributed by atoms with Gasteiger partial charge in [-0.3, -0.25) is 4.99 Å². The number of benzene rings is 1. The molecule has 1 saturated heterocycles. The van der Waals surface area contributed by atoms with Crippen LogP contribution in [0.1, 0.15) is 34.7 Å². The molecule has 1 aliphatic rings. The van der Waals surface area contributed by atoms with Gasteiger partial charge in [0.15, 0.2) is 5.96 Å². The zero-order valence-electron chi connectivity index (χ0n) is 16.8. The van der Waals surface area contributed by atoms with Crippen LogP contribution in [0.3, 0.4) is 0 Å². The fourth-order valence-electron chi connectivity index (χ4n) is 3.90. The summed E-state index contributed by atoms with van der Waals surface area (Å²) in [6.45, 7) is 7.47. The van der Waals surface area contributed by atoms with Crippen LogP contribution < -0.4 is 5.32 Å². The molecule has 0 saturated carbocycles. The number of aromatic nitrogens is 1. The summed E-state index contributed by atoms with van der Waals surface area (Å²) >= 11 is 1.69. The van der Waals surface area contributed by atoms with Crippen LogP contribution in [0.25, 0.3) is 0 Å². The van der Waals surface area contributed by atoms with Crippen molar-refractivity contribution in [2.45, 2.75) is 38.6 Å². The third kappa shape index (κ3) is 4.68. The lowest BCUT2D eigenvalue weighted by Gasteiger charge is -2.39. The van der Waals surface area contributed by atoms with Crippen molar-refractivity contribution in [3.63, 3.8) is 0 Å². The maximum atomic E-state index is 5.67. The Morgan fingerprint density at radius 2 is 2.04 bits per heavy atom. The minimum atomic E-state index is 0.0809. The first-order valence-electron chi connectivity index (χ1n) is 9.51. The molecule has 0 aliphatic carbocycles. The fraction of sp³-hybridized carbons (Fsp3) is 0.524. The third-order valence-electron chi connectivity index (χ3n) is 5.39. The van der Waals surface area contributed by atoms with E-state index in [0.717, 1.165) is 55.8 Å². The number of aryl methyl sites for hydroxylation is 2. The van der Waals surface area contributed by atoms with E-state index >= 15 is 0 Å². The summed E-state index contributed by atoms with van der Waals surface area (Å²) in [5, 5.41) is 6.85. The van der Waals surface area contributed by atoms with E-state index in [1.807, 2.05) is 14.0 Å². The van der Waals surface area contributed by atoms with Gasteiger partial charge < -0.3 is 15.0 Å². The summed E-state index contributed by atoms with van der Waals surface area (Å²) in [5.74, 6) is 0.903. The van der Waals surface area contributed by atoms with E-state index in [-0.39, 0.29) is 5.41 Å². The van der Waals surface area contributed by atoms with Gasteiger partial charge in [-0.15, -0.1) is 11.3 Å². The topological polar surface area (TPSA) is 49.8 Å². The number of ether oxygens (including phenoxy) is 1. The van der Waals surface area contributed by atoms with Gasteiger partial charge in [0, 0.05) is 44.6 Å². The van der Waals surface area contributed by atoms with Crippen molar-refractivity contribution in [3.8, 4) is 0 Å². The second kappa shape index (κ2) is 8.85. The monoisotopic (exact) mass is 386 g/mol. The first-order valence-corrected chi connectivity index (χ1v) is 10.4. The summed E-state index contributed by atoms with van der Waals surface area (Å²) in [7, 11) is 3.91. The lowest BCUT2D eigenvalue weighted by atomic mass is 9.72. The maximum Gasteiger partial charge on any atom is 0.193 e. The van der Waals surface area contributed by atoms with Crippen molar-refractivity contribution >= 4 is 17.3 Å². The Morgan fingerprint density at radius 3 is 2.67 bits per heavy atom. The summed E-state index contributed by atoms with van der Waals surface area (Å²) in [5.41, 5.74) is 3.94. The molecule has 6 heteroatoms. The Balaban J connectivity index is 1.73. The quantitative estimate of drug-likeness (QED) is 0.631. The molecule has 0 amide bonds. The van der Waals surface area contributed by atoms with Gasteiger partial charge >= 0.3 is 0 Å². The van der Waals surface area contributed by atoms with Gasteiger partial charge in [0.05, 0.1) is 17.2 Å². The van der Waals surface area contributed by atoms with E-state index in [0.29, 0.717) is 0 Å². The molecule has 1 aromatic carbocycles. The van der Waals surface area contributed by atoms with Crippen molar-refractivity contribution < 1.29 is 4.74 Å². The van der Waals surface area contributed by atoms with Crippen LogP contribution in [0.2, 0.25) is 0 Å². The second-order valence-corrected chi connectivity index (χ2v) is 8.38. The predicted octanol–water partition coefficient (Wildman–Crippen LogP) is 3.52. The Hall–Kier alpha value is -1.92. The number of aliphatic imine (C=N–C) groups is 1. The van der Waals surface area contributed by atoms with E-state index in [2.05, 4.69) is 63.8 Å². The van der Waals surface area contributed by atoms with E-state index < -0.39 is 0 Å². The minimum absolute atomic E-state index is 0.0809. The average Bonchev–Trinajstić information content (AvgIpc) is 3.08. The summed E-state index contributed by atoms with van der Waals surface area (Å²) in [6, 6.07) is 8.73. The standard InChI is InChI=1S/C21H30N4OS/c1-16-7-5-6-8-19(16)21(9-11-26-12-10-21)15-23-20(22-3)25(4)13-18-14-27-17(2)24-18/h5-8,14H,9-13,15H2,1-4H3,(H,22,23). The lowest BCUT2D eigenvalue weighted by molar-refractivity contribution is 0.0510. The zero-order chi connectivity index (χ0) is 19.3. The normalized spacial score (nSPS) is 17.0. The lowest BCUT2D eigenvalue weighted by Crippen LogP contribution is -2.48. The molecule has 0 radical (unpaired) electrons. The molecule has 2 heterocycles. The van der Waals surface area contributed by atoms with Crippen molar-refractivity contribution in [2.24, 2.45) is 4.99 Å². The van der Waals surface area contributed by atoms with Crippen LogP contribution in [0.5, 0.6) is 0 Å². The molecule has 5 nitrogen and oxygen atoms in total. The van der Waals surface area contributed by atoms with Crippen LogP contribution in [-0.4, -0.2) is 49.7 Å². The molecule has 1 fully saturated rings. The number of hydrogen-bond acceptors (Lipinski definition) is 4. The molecular formula is C21H30N4OS. The zero-order valence-corrected chi connectivity index (χ0v) is 17.6. The van der Waals surface area contributed by atoms with E-state index in [9.17, 15) is 0 Å². The van der Waals surface area contributed by atoms with E-state index in [1.54, 1.807) is 11.3 Å². The van der Waals surface area contributed by atoms with E-state index in [1.165, 1.54) is 11.1 Å². The van der Waals surface area contributed by atoms with Crippen LogP contribution in [0.15, 0.2) is 34.6 Å². The molecule has 146 valence electrons. The predicted molar refractivity (Wildman–Crippen MR) is 113 cm³/mol.